The third-order valence-corrected chi connectivity index (χ3v) is 6.39. The van der Waals surface area contributed by atoms with Crippen molar-refractivity contribution in [3.8, 4) is 0 Å². The van der Waals surface area contributed by atoms with Crippen LogP contribution in [-0.4, -0.2) is 90.7 Å². The number of hydrogen-bond acceptors (Lipinski definition) is 5. The van der Waals surface area contributed by atoms with Crippen LogP contribution < -0.4 is 0 Å². The number of carboxylic acids is 1. The maximum absolute atomic E-state index is 13.2. The first-order valence-electron chi connectivity index (χ1n) is 10.1. The summed E-state index contributed by atoms with van der Waals surface area (Å²) in [6, 6.07) is 8.30. The Kier molecular flexibility index (Phi) is 5.66. The third-order valence-electron chi connectivity index (χ3n) is 6.39. The van der Waals surface area contributed by atoms with Crippen molar-refractivity contribution < 1.29 is 19.4 Å². The number of carboxylic acid groups (broad SMARTS) is 1. The van der Waals surface area contributed by atoms with Crippen LogP contribution in [0.25, 0.3) is 0 Å². The van der Waals surface area contributed by atoms with E-state index in [2.05, 4.69) is 28.9 Å². The second kappa shape index (κ2) is 8.19. The van der Waals surface area contributed by atoms with Gasteiger partial charge in [0.05, 0.1) is 32.3 Å². The molecule has 3 aliphatic rings. The van der Waals surface area contributed by atoms with Gasteiger partial charge in [0, 0.05) is 38.6 Å². The summed E-state index contributed by atoms with van der Waals surface area (Å²) in [5.41, 5.74) is 2.39. The molecule has 0 spiro atoms. The molecule has 0 aliphatic carbocycles. The number of aliphatic carboxylic acids is 1. The van der Waals surface area contributed by atoms with E-state index in [1.807, 2.05) is 17.0 Å². The fourth-order valence-electron chi connectivity index (χ4n) is 5.07. The van der Waals surface area contributed by atoms with Crippen molar-refractivity contribution in [3.05, 3.63) is 35.4 Å². The summed E-state index contributed by atoms with van der Waals surface area (Å²) in [4.78, 5) is 30.6. The second-order valence-corrected chi connectivity index (χ2v) is 8.25. The molecule has 4 rings (SSSR count). The smallest absolute Gasteiger partial charge is 0.317 e. The molecule has 3 saturated heterocycles. The van der Waals surface area contributed by atoms with E-state index in [1.165, 1.54) is 11.1 Å². The Morgan fingerprint density at radius 3 is 2.54 bits per heavy atom. The van der Waals surface area contributed by atoms with Crippen LogP contribution in [-0.2, 0) is 14.3 Å². The molecular weight excluding hydrogens is 358 g/mol. The van der Waals surface area contributed by atoms with E-state index in [0.29, 0.717) is 32.2 Å². The van der Waals surface area contributed by atoms with Crippen molar-refractivity contribution in [2.75, 3.05) is 59.0 Å². The quantitative estimate of drug-likeness (QED) is 0.807. The number of ether oxygens (including phenoxy) is 1. The van der Waals surface area contributed by atoms with E-state index in [4.69, 9.17) is 9.84 Å². The molecule has 0 radical (unpaired) electrons. The Hall–Kier alpha value is -1.96. The third kappa shape index (κ3) is 3.92. The van der Waals surface area contributed by atoms with Gasteiger partial charge in [0.15, 0.2) is 0 Å². The number of carbonyl (C=O) groups is 2. The standard InChI is InChI=1S/C21H29N3O4/c1-15-4-2-3-5-17(15)21-18-12-23(14-20(26)27)10-16(18)11-24(21)19(25)13-22-6-8-28-9-7-22/h2-5,16,18,21H,6-14H2,1H3,(H,26,27)/t16-,18-,21+/m0/s1. The minimum Gasteiger partial charge on any atom is -0.480 e. The first-order chi connectivity index (χ1) is 13.5. The van der Waals surface area contributed by atoms with Crippen LogP contribution in [0.1, 0.15) is 17.2 Å². The van der Waals surface area contributed by atoms with Gasteiger partial charge in [0.25, 0.3) is 0 Å². The van der Waals surface area contributed by atoms with Gasteiger partial charge in [0.2, 0.25) is 5.91 Å². The second-order valence-electron chi connectivity index (χ2n) is 8.25. The lowest BCUT2D eigenvalue weighted by atomic mass is 9.87. The predicted molar refractivity (Wildman–Crippen MR) is 104 cm³/mol. The molecule has 3 heterocycles. The van der Waals surface area contributed by atoms with Crippen molar-refractivity contribution in [2.24, 2.45) is 11.8 Å². The van der Waals surface area contributed by atoms with E-state index < -0.39 is 5.97 Å². The molecule has 3 aliphatic heterocycles. The lowest BCUT2D eigenvalue weighted by Crippen LogP contribution is -2.45. The van der Waals surface area contributed by atoms with Gasteiger partial charge in [-0.3, -0.25) is 19.4 Å². The number of rotatable bonds is 5. The molecule has 7 nitrogen and oxygen atoms in total. The molecule has 28 heavy (non-hydrogen) atoms. The van der Waals surface area contributed by atoms with Gasteiger partial charge >= 0.3 is 5.97 Å². The van der Waals surface area contributed by atoms with Crippen LogP contribution in [0.5, 0.6) is 0 Å². The highest BCUT2D eigenvalue weighted by atomic mass is 16.5. The SMILES string of the molecule is Cc1ccccc1[C@@H]1[C@H]2CN(CC(=O)O)C[C@H]2CN1C(=O)CN1CCOCC1. The summed E-state index contributed by atoms with van der Waals surface area (Å²) < 4.78 is 5.40. The van der Waals surface area contributed by atoms with E-state index in [1.54, 1.807) is 0 Å². The van der Waals surface area contributed by atoms with Crippen LogP contribution in [0.15, 0.2) is 24.3 Å². The van der Waals surface area contributed by atoms with Crippen LogP contribution in [0.2, 0.25) is 0 Å². The summed E-state index contributed by atoms with van der Waals surface area (Å²) in [6.07, 6.45) is 0. The largest absolute Gasteiger partial charge is 0.480 e. The highest BCUT2D eigenvalue weighted by Crippen LogP contribution is 2.45. The first kappa shape index (κ1) is 19.4. The number of likely N-dealkylation sites (tertiary alicyclic amines) is 2. The molecule has 0 saturated carbocycles. The summed E-state index contributed by atoms with van der Waals surface area (Å²) in [7, 11) is 0. The minimum atomic E-state index is -0.785. The molecule has 0 bridgehead atoms. The number of fused-ring (bicyclic) bond motifs is 1. The number of nitrogens with zero attached hydrogens (tertiary/aromatic N) is 3. The normalized spacial score (nSPS) is 28.5. The number of aryl methyl sites for hydroxylation is 1. The number of morpholine rings is 1. The molecule has 0 unspecified atom stereocenters. The van der Waals surface area contributed by atoms with Gasteiger partial charge in [-0.2, -0.15) is 0 Å². The van der Waals surface area contributed by atoms with Gasteiger partial charge in [-0.1, -0.05) is 24.3 Å². The zero-order valence-electron chi connectivity index (χ0n) is 16.4. The molecule has 152 valence electrons. The monoisotopic (exact) mass is 387 g/mol. The molecule has 1 N–H and O–H groups in total. The van der Waals surface area contributed by atoms with E-state index in [-0.39, 0.29) is 24.4 Å². The minimum absolute atomic E-state index is 0.0264. The van der Waals surface area contributed by atoms with Gasteiger partial charge in [0.1, 0.15) is 0 Å². The Bertz CT molecular complexity index is 734. The molecule has 1 aromatic carbocycles. The number of carbonyl (C=O) groups excluding carboxylic acids is 1. The zero-order valence-corrected chi connectivity index (χ0v) is 16.4. The fraction of sp³-hybridized carbons (Fsp3) is 0.619. The molecule has 3 fully saturated rings. The molecule has 7 heteroatoms. The Labute approximate surface area is 165 Å². The molecule has 3 atom stereocenters. The maximum Gasteiger partial charge on any atom is 0.317 e. The lowest BCUT2D eigenvalue weighted by molar-refractivity contribution is -0.139. The van der Waals surface area contributed by atoms with Crippen LogP contribution in [0.4, 0.5) is 0 Å². The van der Waals surface area contributed by atoms with Gasteiger partial charge < -0.3 is 14.7 Å². The summed E-state index contributed by atoms with van der Waals surface area (Å²) in [5.74, 6) is 0.00804. The Morgan fingerprint density at radius 1 is 1.07 bits per heavy atom. The highest BCUT2D eigenvalue weighted by Gasteiger charge is 2.49. The molecule has 1 aromatic rings. The maximum atomic E-state index is 13.2. The predicted octanol–water partition coefficient (Wildman–Crippen LogP) is 0.843. The van der Waals surface area contributed by atoms with E-state index in [9.17, 15) is 9.59 Å². The number of benzene rings is 1. The highest BCUT2D eigenvalue weighted by molar-refractivity contribution is 5.79. The van der Waals surface area contributed by atoms with Crippen LogP contribution in [0.3, 0.4) is 0 Å². The van der Waals surface area contributed by atoms with Crippen molar-refractivity contribution in [1.82, 2.24) is 14.7 Å². The first-order valence-corrected chi connectivity index (χ1v) is 10.1. The molecule has 0 aromatic heterocycles. The molecular formula is C21H29N3O4. The average Bonchev–Trinajstić information content (AvgIpc) is 3.20. The van der Waals surface area contributed by atoms with Crippen molar-refractivity contribution in [3.63, 3.8) is 0 Å². The van der Waals surface area contributed by atoms with Gasteiger partial charge in [-0.05, 0) is 24.0 Å². The van der Waals surface area contributed by atoms with Crippen molar-refractivity contribution >= 4 is 11.9 Å². The lowest BCUT2D eigenvalue weighted by Gasteiger charge is -2.33. The van der Waals surface area contributed by atoms with Crippen LogP contribution in [0, 0.1) is 18.8 Å². The van der Waals surface area contributed by atoms with Crippen LogP contribution >= 0.6 is 0 Å². The van der Waals surface area contributed by atoms with E-state index in [0.717, 1.165) is 26.2 Å². The molecule has 1 amide bonds. The summed E-state index contributed by atoms with van der Waals surface area (Å²) in [5, 5.41) is 9.16. The van der Waals surface area contributed by atoms with Crippen molar-refractivity contribution in [2.45, 2.75) is 13.0 Å². The van der Waals surface area contributed by atoms with Gasteiger partial charge in [-0.25, -0.2) is 0 Å². The zero-order chi connectivity index (χ0) is 19.7. The Balaban J connectivity index is 1.55. The Morgan fingerprint density at radius 2 is 1.82 bits per heavy atom. The van der Waals surface area contributed by atoms with E-state index >= 15 is 0 Å². The fourth-order valence-corrected chi connectivity index (χ4v) is 5.07. The summed E-state index contributed by atoms with van der Waals surface area (Å²) >= 11 is 0. The summed E-state index contributed by atoms with van der Waals surface area (Å²) in [6.45, 7) is 7.77. The van der Waals surface area contributed by atoms with Crippen molar-refractivity contribution in [1.29, 1.82) is 0 Å². The average molecular weight is 387 g/mol. The number of amides is 1. The topological polar surface area (TPSA) is 73.3 Å². The number of hydrogen-bond donors (Lipinski definition) is 1. The van der Waals surface area contributed by atoms with Gasteiger partial charge in [-0.15, -0.1) is 0 Å².